The molecule has 0 aromatic carbocycles. The van der Waals surface area contributed by atoms with Crippen molar-refractivity contribution in [2.24, 2.45) is 0 Å². The number of hydrogen-bond donors (Lipinski definition) is 1. The van der Waals surface area contributed by atoms with E-state index >= 15 is 0 Å². The van der Waals surface area contributed by atoms with Crippen molar-refractivity contribution in [2.45, 2.75) is 36.6 Å². The third-order valence-electron chi connectivity index (χ3n) is 2.31. The summed E-state index contributed by atoms with van der Waals surface area (Å²) >= 11 is 1.14. The summed E-state index contributed by atoms with van der Waals surface area (Å²) in [5.41, 5.74) is 0. The van der Waals surface area contributed by atoms with E-state index in [9.17, 15) is 18.0 Å². The molecule has 0 spiro atoms. The molecule has 1 N–H and O–H groups in total. The van der Waals surface area contributed by atoms with Crippen LogP contribution in [0.15, 0.2) is 0 Å². The minimum absolute atomic E-state index is 0.309. The Kier molecular flexibility index (Phi) is 3.34. The number of rotatable bonds is 3. The predicted molar refractivity (Wildman–Crippen MR) is 47.3 cm³/mol. The number of aliphatic carboxylic acids is 1. The van der Waals surface area contributed by atoms with Gasteiger partial charge in [0.15, 0.2) is 0 Å². The second-order valence-corrected chi connectivity index (χ2v) is 4.85. The average molecular weight is 228 g/mol. The Morgan fingerprint density at radius 3 is 2.50 bits per heavy atom. The molecule has 14 heavy (non-hydrogen) atoms. The van der Waals surface area contributed by atoms with Crippen LogP contribution in [0, 0.1) is 0 Å². The van der Waals surface area contributed by atoms with Crippen LogP contribution >= 0.6 is 11.8 Å². The summed E-state index contributed by atoms with van der Waals surface area (Å²) in [6, 6.07) is 0. The fraction of sp³-hybridized carbons (Fsp3) is 0.875. The van der Waals surface area contributed by atoms with Gasteiger partial charge in [0.25, 0.3) is 0 Å². The number of carboxylic acids is 1. The van der Waals surface area contributed by atoms with Crippen LogP contribution in [0.3, 0.4) is 0 Å². The lowest BCUT2D eigenvalue weighted by Gasteiger charge is -2.23. The summed E-state index contributed by atoms with van der Waals surface area (Å²) in [6.07, 6.45) is -4.54. The van der Waals surface area contributed by atoms with Crippen molar-refractivity contribution in [3.8, 4) is 0 Å². The molecule has 6 heteroatoms. The number of carboxylic acid groups (broad SMARTS) is 1. The van der Waals surface area contributed by atoms with Crippen molar-refractivity contribution in [1.82, 2.24) is 0 Å². The molecule has 1 atom stereocenters. The second-order valence-electron chi connectivity index (χ2n) is 3.37. The van der Waals surface area contributed by atoms with E-state index in [-0.39, 0.29) is 6.42 Å². The van der Waals surface area contributed by atoms with Crippen molar-refractivity contribution >= 4 is 17.7 Å². The van der Waals surface area contributed by atoms with E-state index in [0.717, 1.165) is 11.8 Å². The van der Waals surface area contributed by atoms with Crippen LogP contribution in [0.5, 0.6) is 0 Å². The molecule has 1 unspecified atom stereocenters. The lowest BCUT2D eigenvalue weighted by molar-refractivity contribution is -0.146. The Hall–Kier alpha value is -0.390. The van der Waals surface area contributed by atoms with Gasteiger partial charge >= 0.3 is 12.1 Å². The summed E-state index contributed by atoms with van der Waals surface area (Å²) < 4.78 is 34.6. The van der Waals surface area contributed by atoms with Crippen LogP contribution in [0.25, 0.3) is 0 Å². The molecule has 0 amide bonds. The van der Waals surface area contributed by atoms with Gasteiger partial charge in [0.05, 0.1) is 0 Å². The molecule has 0 saturated carbocycles. The molecule has 82 valence electrons. The minimum atomic E-state index is -4.26. The van der Waals surface area contributed by atoms with E-state index < -0.39 is 23.3 Å². The van der Waals surface area contributed by atoms with Gasteiger partial charge < -0.3 is 5.11 Å². The number of alkyl halides is 3. The van der Waals surface area contributed by atoms with Gasteiger partial charge in [-0.1, -0.05) is 0 Å². The summed E-state index contributed by atoms with van der Waals surface area (Å²) in [5, 5.41) is 8.87. The molecule has 0 aromatic heterocycles. The minimum Gasteiger partial charge on any atom is -0.480 e. The zero-order chi connectivity index (χ0) is 10.8. The van der Waals surface area contributed by atoms with E-state index in [1.807, 2.05) is 0 Å². The fourth-order valence-electron chi connectivity index (χ4n) is 1.51. The van der Waals surface area contributed by atoms with Crippen molar-refractivity contribution in [2.75, 3.05) is 5.75 Å². The molecule has 1 rings (SSSR count). The Labute approximate surface area is 83.9 Å². The highest BCUT2D eigenvalue weighted by molar-refractivity contribution is 8.01. The van der Waals surface area contributed by atoms with E-state index in [0.29, 0.717) is 18.6 Å². The summed E-state index contributed by atoms with van der Waals surface area (Å²) in [4.78, 5) is 10.9. The predicted octanol–water partition coefficient (Wildman–Crippen LogP) is 2.68. The van der Waals surface area contributed by atoms with E-state index in [2.05, 4.69) is 0 Å². The molecule has 2 nitrogen and oxygen atoms in total. The first-order valence-electron chi connectivity index (χ1n) is 4.30. The summed E-state index contributed by atoms with van der Waals surface area (Å²) in [5.74, 6) is -0.464. The van der Waals surface area contributed by atoms with Gasteiger partial charge in [-0.25, -0.2) is 0 Å². The van der Waals surface area contributed by atoms with Gasteiger partial charge in [-0.2, -0.15) is 13.2 Å². The van der Waals surface area contributed by atoms with Gasteiger partial charge in [-0.05, 0) is 25.0 Å². The van der Waals surface area contributed by atoms with Gasteiger partial charge in [0.1, 0.15) is 4.75 Å². The molecule has 0 aliphatic carbocycles. The van der Waals surface area contributed by atoms with Crippen LogP contribution in [0.4, 0.5) is 13.2 Å². The summed E-state index contributed by atoms with van der Waals surface area (Å²) in [6.45, 7) is 0. The highest BCUT2D eigenvalue weighted by Gasteiger charge is 2.44. The standard InChI is InChI=1S/C8H11F3O2S/c9-8(10,11)4-3-7(6(12)13)2-1-5-14-7/h1-5H2,(H,12,13). The van der Waals surface area contributed by atoms with Crippen LogP contribution in [-0.2, 0) is 4.79 Å². The number of halogens is 3. The van der Waals surface area contributed by atoms with Gasteiger partial charge in [-0.3, -0.25) is 4.79 Å². The highest BCUT2D eigenvalue weighted by atomic mass is 32.2. The molecule has 1 saturated heterocycles. The quantitative estimate of drug-likeness (QED) is 0.806. The zero-order valence-electron chi connectivity index (χ0n) is 7.43. The van der Waals surface area contributed by atoms with Crippen LogP contribution in [0.1, 0.15) is 25.7 Å². The molecule has 1 aliphatic heterocycles. The van der Waals surface area contributed by atoms with Crippen molar-refractivity contribution in [1.29, 1.82) is 0 Å². The van der Waals surface area contributed by atoms with Crippen LogP contribution in [0.2, 0.25) is 0 Å². The Balaban J connectivity index is 2.57. The lowest BCUT2D eigenvalue weighted by atomic mass is 9.97. The maximum absolute atomic E-state index is 11.9. The van der Waals surface area contributed by atoms with Crippen LogP contribution in [-0.4, -0.2) is 27.8 Å². The van der Waals surface area contributed by atoms with Gasteiger partial charge in [0, 0.05) is 6.42 Å². The zero-order valence-corrected chi connectivity index (χ0v) is 8.25. The first kappa shape index (κ1) is 11.7. The van der Waals surface area contributed by atoms with Crippen molar-refractivity contribution in [3.05, 3.63) is 0 Å². The maximum atomic E-state index is 11.9. The average Bonchev–Trinajstić information content (AvgIpc) is 2.48. The largest absolute Gasteiger partial charge is 0.480 e. The molecule has 0 radical (unpaired) electrons. The Morgan fingerprint density at radius 2 is 2.14 bits per heavy atom. The molecule has 0 bridgehead atoms. The fourth-order valence-corrected chi connectivity index (χ4v) is 2.85. The third kappa shape index (κ3) is 2.80. The lowest BCUT2D eigenvalue weighted by Crippen LogP contribution is -2.33. The highest BCUT2D eigenvalue weighted by Crippen LogP contribution is 2.43. The molecule has 0 aromatic rings. The maximum Gasteiger partial charge on any atom is 0.389 e. The van der Waals surface area contributed by atoms with E-state index in [1.165, 1.54) is 0 Å². The SMILES string of the molecule is O=C(O)C1(CCC(F)(F)F)CCCS1. The van der Waals surface area contributed by atoms with Crippen LogP contribution < -0.4 is 0 Å². The molecular weight excluding hydrogens is 217 g/mol. The Morgan fingerprint density at radius 1 is 1.50 bits per heavy atom. The first-order valence-corrected chi connectivity index (χ1v) is 5.28. The summed E-state index contributed by atoms with van der Waals surface area (Å²) in [7, 11) is 0. The van der Waals surface area contributed by atoms with E-state index in [1.54, 1.807) is 0 Å². The molecule has 1 fully saturated rings. The Bertz CT molecular complexity index is 221. The third-order valence-corrected chi connectivity index (χ3v) is 3.93. The second kappa shape index (κ2) is 4.00. The topological polar surface area (TPSA) is 37.3 Å². The van der Waals surface area contributed by atoms with Gasteiger partial charge in [-0.15, -0.1) is 11.8 Å². The monoisotopic (exact) mass is 228 g/mol. The normalized spacial score (nSPS) is 27.9. The molecule has 1 aliphatic rings. The van der Waals surface area contributed by atoms with Crippen molar-refractivity contribution in [3.63, 3.8) is 0 Å². The first-order chi connectivity index (χ1) is 6.36. The molecular formula is C8H11F3O2S. The number of thioether (sulfide) groups is 1. The van der Waals surface area contributed by atoms with E-state index in [4.69, 9.17) is 5.11 Å². The smallest absolute Gasteiger partial charge is 0.389 e. The number of carbonyl (C=O) groups is 1. The van der Waals surface area contributed by atoms with Crippen molar-refractivity contribution < 1.29 is 23.1 Å². The van der Waals surface area contributed by atoms with Gasteiger partial charge in [0.2, 0.25) is 0 Å². The molecule has 1 heterocycles. The number of hydrogen-bond acceptors (Lipinski definition) is 2.